The second-order valence-corrected chi connectivity index (χ2v) is 10.7. The number of furan rings is 1. The van der Waals surface area contributed by atoms with E-state index in [-0.39, 0.29) is 25.7 Å². The zero-order valence-corrected chi connectivity index (χ0v) is 24.6. The lowest BCUT2D eigenvalue weighted by Gasteiger charge is -2.30. The second kappa shape index (κ2) is 14.8. The van der Waals surface area contributed by atoms with Crippen molar-refractivity contribution in [2.24, 2.45) is 0 Å². The predicted molar refractivity (Wildman–Crippen MR) is 153 cm³/mol. The van der Waals surface area contributed by atoms with Crippen LogP contribution in [-0.2, 0) is 35.0 Å². The Morgan fingerprint density at radius 2 is 1.51 bits per heavy atom. The number of ether oxygens (including phenoxy) is 1. The Balaban J connectivity index is 1.56. The molecule has 0 radical (unpaired) electrons. The summed E-state index contributed by atoms with van der Waals surface area (Å²) in [4.78, 5) is 31.8. The second-order valence-electron chi connectivity index (χ2n) is 10.7. The van der Waals surface area contributed by atoms with E-state index in [1.54, 1.807) is 19.1 Å². The van der Waals surface area contributed by atoms with Gasteiger partial charge in [0.1, 0.15) is 18.1 Å². The number of halogens is 6. The highest BCUT2D eigenvalue weighted by atomic mass is 19.4. The minimum Gasteiger partial charge on any atom is -0.464 e. The first-order valence-corrected chi connectivity index (χ1v) is 14.3. The highest BCUT2D eigenvalue weighted by molar-refractivity contribution is 5.92. The molecule has 0 spiro atoms. The van der Waals surface area contributed by atoms with Crippen LogP contribution in [0.2, 0.25) is 0 Å². The summed E-state index contributed by atoms with van der Waals surface area (Å²) in [6, 6.07) is 12.4. The predicted octanol–water partition coefficient (Wildman–Crippen LogP) is 6.41. The maximum atomic E-state index is 13.7. The molecule has 1 aliphatic rings. The number of carbonyl (C=O) groups excluding carboxylic acids is 2. The van der Waals surface area contributed by atoms with E-state index in [2.05, 4.69) is 10.2 Å². The number of aryl methyl sites for hydroxylation is 1. The summed E-state index contributed by atoms with van der Waals surface area (Å²) in [5.74, 6) is 0.652. The van der Waals surface area contributed by atoms with Gasteiger partial charge in [-0.25, -0.2) is 4.79 Å². The number of hydrogen-bond acceptors (Lipinski definition) is 5. The Hall–Kier alpha value is -4.04. The number of alkyl halides is 6. The quantitative estimate of drug-likeness (QED) is 0.245. The lowest BCUT2D eigenvalue weighted by Crippen LogP contribution is -2.45. The molecule has 4 rings (SSSR count). The van der Waals surface area contributed by atoms with Crippen LogP contribution in [0, 0.1) is 6.92 Å². The van der Waals surface area contributed by atoms with Crippen LogP contribution >= 0.6 is 0 Å². The number of amides is 3. The highest BCUT2D eigenvalue weighted by Crippen LogP contribution is 2.37. The van der Waals surface area contributed by atoms with Crippen LogP contribution in [0.3, 0.4) is 0 Å². The molecule has 0 aliphatic carbocycles. The molecule has 14 heteroatoms. The fourth-order valence-electron chi connectivity index (χ4n) is 4.85. The monoisotopic (exact) mass is 640 g/mol. The van der Waals surface area contributed by atoms with Gasteiger partial charge in [0.2, 0.25) is 5.91 Å². The summed E-state index contributed by atoms with van der Waals surface area (Å²) >= 11 is 0. The van der Waals surface area contributed by atoms with Crippen molar-refractivity contribution >= 4 is 17.6 Å². The third-order valence-electron chi connectivity index (χ3n) is 7.17. The Morgan fingerprint density at radius 3 is 2.09 bits per heavy atom. The molecule has 0 saturated carbocycles. The fourth-order valence-corrected chi connectivity index (χ4v) is 4.85. The van der Waals surface area contributed by atoms with Crippen LogP contribution in [0.1, 0.15) is 34.6 Å². The summed E-state index contributed by atoms with van der Waals surface area (Å²) in [6.45, 7) is 4.51. The van der Waals surface area contributed by atoms with Crippen LogP contribution in [0.4, 0.5) is 36.8 Å². The molecule has 244 valence electrons. The van der Waals surface area contributed by atoms with Crippen molar-refractivity contribution in [2.45, 2.75) is 38.8 Å². The maximum absolute atomic E-state index is 13.7. The van der Waals surface area contributed by atoms with Gasteiger partial charge < -0.3 is 24.3 Å². The third kappa shape index (κ3) is 10.2. The minimum atomic E-state index is -5.09. The zero-order valence-electron chi connectivity index (χ0n) is 24.6. The molecule has 0 atom stereocenters. The van der Waals surface area contributed by atoms with Crippen molar-refractivity contribution in [1.29, 1.82) is 0 Å². The number of nitrogens with one attached hydrogen (secondary N) is 1. The summed E-state index contributed by atoms with van der Waals surface area (Å²) in [6.07, 6.45) is -9.78. The van der Waals surface area contributed by atoms with Crippen molar-refractivity contribution in [2.75, 3.05) is 51.3 Å². The van der Waals surface area contributed by atoms with E-state index in [1.807, 2.05) is 30.3 Å². The lowest BCUT2D eigenvalue weighted by molar-refractivity contribution is -0.143. The van der Waals surface area contributed by atoms with Crippen molar-refractivity contribution in [1.82, 2.24) is 14.7 Å². The Kier molecular flexibility index (Phi) is 11.2. The number of nitrogens with zero attached hydrogens (tertiary/aromatic N) is 3. The van der Waals surface area contributed by atoms with Gasteiger partial charge in [-0.2, -0.15) is 26.3 Å². The van der Waals surface area contributed by atoms with Crippen LogP contribution in [0.5, 0.6) is 0 Å². The van der Waals surface area contributed by atoms with Crippen LogP contribution in [0.25, 0.3) is 0 Å². The van der Waals surface area contributed by atoms with Gasteiger partial charge in [-0.05, 0) is 49.2 Å². The first-order chi connectivity index (χ1) is 21.3. The Bertz CT molecular complexity index is 1390. The third-order valence-corrected chi connectivity index (χ3v) is 7.17. The Labute approximate surface area is 256 Å². The topological polar surface area (TPSA) is 78.3 Å². The van der Waals surface area contributed by atoms with Crippen LogP contribution < -0.4 is 5.32 Å². The molecule has 0 unspecified atom stereocenters. The lowest BCUT2D eigenvalue weighted by atomic mass is 10.1. The number of anilines is 1. The molecule has 0 bridgehead atoms. The van der Waals surface area contributed by atoms with E-state index in [9.17, 15) is 35.9 Å². The number of benzene rings is 2. The van der Waals surface area contributed by atoms with Gasteiger partial charge in [0.25, 0.3) is 0 Å². The summed E-state index contributed by atoms with van der Waals surface area (Å²) in [5.41, 5.74) is -3.02. The highest BCUT2D eigenvalue weighted by Gasteiger charge is 2.37. The van der Waals surface area contributed by atoms with Gasteiger partial charge in [0.15, 0.2) is 0 Å². The van der Waals surface area contributed by atoms with Crippen LogP contribution in [0.15, 0.2) is 65.1 Å². The number of morpholine rings is 1. The molecular formula is C31H34F6N4O4. The van der Waals surface area contributed by atoms with E-state index >= 15 is 0 Å². The number of carbonyl (C=O) groups is 2. The standard InChI is InChI=1S/C31H34F6N4O4/c1-22-8-9-27(45-22)20-41(19-23-6-3-2-4-7-23)28(42)21-40(11-5-10-39-12-14-44-15-13-39)29(43)38-26-17-24(30(32,33)34)16-25(18-26)31(35,36)37/h2-4,6-9,16-18H,5,10-15,19-21H2,1H3,(H,38,43). The van der Waals surface area contributed by atoms with Crippen molar-refractivity contribution in [3.8, 4) is 0 Å². The molecule has 3 amide bonds. The SMILES string of the molecule is Cc1ccc(CN(Cc2ccccc2)C(=O)CN(CCCN2CCOCC2)C(=O)Nc2cc(C(F)(F)F)cc(C(F)(F)F)c2)o1. The molecular weight excluding hydrogens is 606 g/mol. The van der Waals surface area contributed by atoms with Gasteiger partial charge >= 0.3 is 18.4 Å². The fraction of sp³-hybridized carbons (Fsp3) is 0.419. The zero-order chi connectivity index (χ0) is 32.6. The van der Waals surface area contributed by atoms with Crippen LogP contribution in [-0.4, -0.2) is 72.6 Å². The summed E-state index contributed by atoms with van der Waals surface area (Å²) < 4.78 is 91.6. The Morgan fingerprint density at radius 1 is 0.867 bits per heavy atom. The smallest absolute Gasteiger partial charge is 0.416 e. The van der Waals surface area contributed by atoms with Gasteiger partial charge in [-0.15, -0.1) is 0 Å². The van der Waals surface area contributed by atoms with Crippen molar-refractivity contribution < 1.29 is 45.1 Å². The normalized spacial score (nSPS) is 14.3. The number of urea groups is 1. The molecule has 1 fully saturated rings. The van der Waals surface area contributed by atoms with Crippen molar-refractivity contribution in [3.63, 3.8) is 0 Å². The van der Waals surface area contributed by atoms with Gasteiger partial charge in [-0.3, -0.25) is 9.69 Å². The van der Waals surface area contributed by atoms with E-state index in [1.165, 1.54) is 4.90 Å². The molecule has 1 N–H and O–H groups in total. The largest absolute Gasteiger partial charge is 0.464 e. The maximum Gasteiger partial charge on any atom is 0.416 e. The van der Waals surface area contributed by atoms with E-state index in [0.29, 0.717) is 62.9 Å². The van der Waals surface area contributed by atoms with Gasteiger partial charge in [-0.1, -0.05) is 30.3 Å². The first-order valence-electron chi connectivity index (χ1n) is 14.3. The average molecular weight is 641 g/mol. The molecule has 45 heavy (non-hydrogen) atoms. The van der Waals surface area contributed by atoms with Gasteiger partial charge in [0, 0.05) is 38.4 Å². The van der Waals surface area contributed by atoms with E-state index in [4.69, 9.17) is 9.15 Å². The van der Waals surface area contributed by atoms with E-state index in [0.717, 1.165) is 10.5 Å². The number of hydrogen-bond donors (Lipinski definition) is 1. The average Bonchev–Trinajstić information content (AvgIpc) is 3.40. The molecule has 1 aliphatic heterocycles. The molecule has 2 heterocycles. The summed E-state index contributed by atoms with van der Waals surface area (Å²) in [5, 5.41) is 2.17. The van der Waals surface area contributed by atoms with Crippen molar-refractivity contribution in [3.05, 3.63) is 88.9 Å². The molecule has 3 aromatic rings. The van der Waals surface area contributed by atoms with E-state index < -0.39 is 47.6 Å². The first kappa shape index (κ1) is 33.8. The number of rotatable bonds is 11. The molecule has 1 saturated heterocycles. The molecule has 2 aromatic carbocycles. The molecule has 1 aromatic heterocycles. The summed E-state index contributed by atoms with van der Waals surface area (Å²) in [7, 11) is 0. The minimum absolute atomic E-state index is 0.0130. The van der Waals surface area contributed by atoms with Gasteiger partial charge in [0.05, 0.1) is 30.9 Å². The molecule has 8 nitrogen and oxygen atoms in total.